The topological polar surface area (TPSA) is 6.48 Å². The van der Waals surface area contributed by atoms with Crippen LogP contribution >= 0.6 is 34.0 Å². The number of nitrogens with zero attached hydrogens (tertiary/aromatic N) is 2. The monoisotopic (exact) mass is 918 g/mol. The Kier molecular flexibility index (Phi) is 8.23. The third-order valence-corrected chi connectivity index (χ3v) is 18.1. The van der Waals surface area contributed by atoms with Gasteiger partial charge < -0.3 is 9.80 Å². The normalized spacial score (nSPS) is 14.5. The molecule has 3 heterocycles. The van der Waals surface area contributed by atoms with Gasteiger partial charge in [-0.1, -0.05) is 152 Å². The molecule has 0 amide bonds. The van der Waals surface area contributed by atoms with E-state index in [0.717, 1.165) is 22.7 Å². The van der Waals surface area contributed by atoms with Crippen LogP contribution in [-0.4, -0.2) is 0 Å². The molecule has 0 bridgehead atoms. The number of anilines is 6. The molecule has 0 radical (unpaired) electrons. The van der Waals surface area contributed by atoms with Crippen LogP contribution in [0.4, 0.5) is 34.1 Å². The summed E-state index contributed by atoms with van der Waals surface area (Å²) in [5.74, 6) is 0. The van der Waals surface area contributed by atoms with Crippen molar-refractivity contribution in [3.05, 3.63) is 253 Å². The molecule has 0 N–H and O–H groups in total. The molecule has 2 aliphatic rings. The van der Waals surface area contributed by atoms with Crippen LogP contribution in [0.1, 0.15) is 22.3 Å². The fourth-order valence-electron chi connectivity index (χ4n) is 11.7. The summed E-state index contributed by atoms with van der Waals surface area (Å²) in [6.45, 7) is 0. The van der Waals surface area contributed by atoms with Crippen molar-refractivity contribution >= 4 is 119 Å². The lowest BCUT2D eigenvalue weighted by Crippen LogP contribution is -2.26. The second-order valence-electron chi connectivity index (χ2n) is 17.9. The molecule has 1 unspecified atom stereocenters. The van der Waals surface area contributed by atoms with Crippen molar-refractivity contribution in [3.8, 4) is 21.6 Å². The summed E-state index contributed by atoms with van der Waals surface area (Å²) in [6.07, 6.45) is 0. The van der Waals surface area contributed by atoms with E-state index in [4.69, 9.17) is 0 Å². The summed E-state index contributed by atoms with van der Waals surface area (Å²) in [6, 6.07) is 86.1. The van der Waals surface area contributed by atoms with E-state index in [1.807, 2.05) is 34.0 Å². The number of para-hydroxylation sites is 2. The first kappa shape index (κ1) is 38.3. The molecule has 1 spiro atoms. The van der Waals surface area contributed by atoms with Gasteiger partial charge in [0.2, 0.25) is 0 Å². The standard InChI is InChI=1S/C63H38N2S3/c1-3-17-39(18-4-1)64(54-28-15-25-47-45-22-8-12-30-56(45)66-60(47)54)41-34-36-52-50(37-41)62-59(49-24-10-14-32-58(49)68-62)63(52)51-27-11-7-21-43(51)44-35-33-42(38-53(44)63)65(40-19-5-2-6-20-40)55-29-16-26-48-46-23-9-13-31-57(46)67-61(48)55/h1-38H. The Labute approximate surface area is 405 Å². The van der Waals surface area contributed by atoms with Gasteiger partial charge in [0.05, 0.1) is 26.2 Å². The van der Waals surface area contributed by atoms with Crippen molar-refractivity contribution in [1.29, 1.82) is 0 Å². The predicted octanol–water partition coefficient (Wildman–Crippen LogP) is 18.9. The first-order valence-corrected chi connectivity index (χ1v) is 25.6. The largest absolute Gasteiger partial charge is 0.309 e. The van der Waals surface area contributed by atoms with E-state index in [-0.39, 0.29) is 0 Å². The number of rotatable bonds is 6. The second-order valence-corrected chi connectivity index (χ2v) is 21.1. The summed E-state index contributed by atoms with van der Waals surface area (Å²) in [5, 5.41) is 6.51. The summed E-state index contributed by atoms with van der Waals surface area (Å²) in [7, 11) is 0. The molecule has 0 aliphatic heterocycles. The van der Waals surface area contributed by atoms with Crippen LogP contribution in [0.2, 0.25) is 0 Å². The highest BCUT2D eigenvalue weighted by Gasteiger charge is 2.54. The van der Waals surface area contributed by atoms with Crippen LogP contribution in [0, 0.1) is 0 Å². The molecule has 15 rings (SSSR count). The van der Waals surface area contributed by atoms with Crippen molar-refractivity contribution < 1.29 is 0 Å². The van der Waals surface area contributed by atoms with E-state index >= 15 is 0 Å². The van der Waals surface area contributed by atoms with Crippen LogP contribution < -0.4 is 9.80 Å². The van der Waals surface area contributed by atoms with Gasteiger partial charge in [0.1, 0.15) is 0 Å². The quantitative estimate of drug-likeness (QED) is 0.164. The van der Waals surface area contributed by atoms with Crippen molar-refractivity contribution in [3.63, 3.8) is 0 Å². The molecular formula is C63H38N2S3. The van der Waals surface area contributed by atoms with Crippen LogP contribution in [0.25, 0.3) is 72.0 Å². The Morgan fingerprint density at radius 3 is 1.40 bits per heavy atom. The van der Waals surface area contributed by atoms with Crippen LogP contribution in [0.5, 0.6) is 0 Å². The van der Waals surface area contributed by atoms with Gasteiger partial charge in [0.25, 0.3) is 0 Å². The lowest BCUT2D eigenvalue weighted by molar-refractivity contribution is 0.802. The minimum Gasteiger partial charge on any atom is -0.309 e. The third-order valence-electron chi connectivity index (χ3n) is 14.4. The van der Waals surface area contributed by atoms with Crippen molar-refractivity contribution in [2.75, 3.05) is 9.80 Å². The molecule has 10 aromatic carbocycles. The Bertz CT molecular complexity index is 4180. The SMILES string of the molecule is c1ccc(N(c2ccc3c(c2)-c2sc4ccccc4c2C32c3ccccc3-c3ccc(N(c4ccccc4)c4cccc5c4sc4ccccc45)cc32)c2cccc3c2sc2ccccc23)cc1. The van der Waals surface area contributed by atoms with Gasteiger partial charge in [0, 0.05) is 63.3 Å². The average molecular weight is 919 g/mol. The minimum absolute atomic E-state index is 0.556. The van der Waals surface area contributed by atoms with Crippen molar-refractivity contribution in [2.45, 2.75) is 5.41 Å². The Morgan fingerprint density at radius 2 is 0.765 bits per heavy atom. The van der Waals surface area contributed by atoms with E-state index in [1.54, 1.807) is 0 Å². The number of thiophene rings is 3. The summed E-state index contributed by atoms with van der Waals surface area (Å²) in [5.41, 5.74) is 15.7. The van der Waals surface area contributed by atoms with Gasteiger partial charge in [0.15, 0.2) is 0 Å². The maximum absolute atomic E-state index is 2.53. The molecule has 2 nitrogen and oxygen atoms in total. The van der Waals surface area contributed by atoms with Gasteiger partial charge in [-0.3, -0.25) is 0 Å². The lowest BCUT2D eigenvalue weighted by Gasteiger charge is -2.33. The van der Waals surface area contributed by atoms with E-state index in [9.17, 15) is 0 Å². The third kappa shape index (κ3) is 5.26. The lowest BCUT2D eigenvalue weighted by atomic mass is 9.70. The zero-order valence-corrected chi connectivity index (χ0v) is 39.0. The molecule has 0 saturated heterocycles. The van der Waals surface area contributed by atoms with E-state index in [0.29, 0.717) is 0 Å². The Balaban J connectivity index is 0.999. The summed E-state index contributed by atoms with van der Waals surface area (Å²) >= 11 is 5.70. The molecule has 0 saturated carbocycles. The fourth-order valence-corrected chi connectivity index (χ4v) is 15.4. The zero-order chi connectivity index (χ0) is 44.5. The van der Waals surface area contributed by atoms with Crippen molar-refractivity contribution in [2.24, 2.45) is 0 Å². The number of hydrogen-bond acceptors (Lipinski definition) is 5. The molecule has 13 aromatic rings. The van der Waals surface area contributed by atoms with Crippen molar-refractivity contribution in [1.82, 2.24) is 0 Å². The maximum Gasteiger partial charge on any atom is 0.0740 e. The van der Waals surface area contributed by atoms with Gasteiger partial charge in [-0.05, 0) is 123 Å². The van der Waals surface area contributed by atoms with Gasteiger partial charge in [-0.25, -0.2) is 0 Å². The smallest absolute Gasteiger partial charge is 0.0740 e. The molecule has 68 heavy (non-hydrogen) atoms. The first-order valence-electron chi connectivity index (χ1n) is 23.2. The average Bonchev–Trinajstić information content (AvgIpc) is 4.20. The van der Waals surface area contributed by atoms with E-state index < -0.39 is 5.41 Å². The van der Waals surface area contributed by atoms with E-state index in [2.05, 4.69) is 240 Å². The number of fused-ring (bicyclic) bond motifs is 18. The van der Waals surface area contributed by atoms with Crippen LogP contribution in [0.3, 0.4) is 0 Å². The molecule has 0 fully saturated rings. The molecule has 1 atom stereocenters. The molecule has 2 aliphatic carbocycles. The molecule has 3 aromatic heterocycles. The minimum atomic E-state index is -0.556. The second kappa shape index (κ2) is 14.6. The summed E-state index contributed by atoms with van der Waals surface area (Å²) < 4.78 is 6.49. The highest BCUT2D eigenvalue weighted by molar-refractivity contribution is 7.27. The van der Waals surface area contributed by atoms with Crippen LogP contribution in [-0.2, 0) is 5.41 Å². The molecule has 5 heteroatoms. The summed E-state index contributed by atoms with van der Waals surface area (Å²) in [4.78, 5) is 6.32. The van der Waals surface area contributed by atoms with Crippen LogP contribution in [0.15, 0.2) is 231 Å². The van der Waals surface area contributed by atoms with Gasteiger partial charge >= 0.3 is 0 Å². The Morgan fingerprint density at radius 1 is 0.294 bits per heavy atom. The number of hydrogen-bond donors (Lipinski definition) is 0. The molecule has 318 valence electrons. The highest BCUT2D eigenvalue weighted by atomic mass is 32.1. The molecular weight excluding hydrogens is 881 g/mol. The predicted molar refractivity (Wildman–Crippen MR) is 293 cm³/mol. The van der Waals surface area contributed by atoms with E-state index in [1.165, 1.54) is 106 Å². The zero-order valence-electron chi connectivity index (χ0n) is 36.6. The highest BCUT2D eigenvalue weighted by Crippen LogP contribution is 2.67. The van der Waals surface area contributed by atoms with Gasteiger partial charge in [-0.15, -0.1) is 34.0 Å². The Hall–Kier alpha value is -7.80. The first-order chi connectivity index (χ1) is 33.7. The fraction of sp³-hybridized carbons (Fsp3) is 0.0159. The maximum atomic E-state index is 2.53. The van der Waals surface area contributed by atoms with Gasteiger partial charge in [-0.2, -0.15) is 0 Å². The number of benzene rings is 10.